The molecule has 4 nitrogen and oxygen atoms in total. The van der Waals surface area contributed by atoms with Crippen molar-refractivity contribution >= 4 is 43.8 Å². The van der Waals surface area contributed by atoms with Crippen LogP contribution in [0.4, 0.5) is 0 Å². The highest BCUT2D eigenvalue weighted by Gasteiger charge is 1.99. The summed E-state index contributed by atoms with van der Waals surface area (Å²) < 4.78 is 10.1. The molecule has 0 heterocycles. The van der Waals surface area contributed by atoms with Crippen molar-refractivity contribution in [1.82, 2.24) is 0 Å². The van der Waals surface area contributed by atoms with Gasteiger partial charge in [0.1, 0.15) is 10.7 Å². The average Bonchev–Trinajstić information content (AvgIpc) is 2.74. The molecule has 0 aliphatic carbocycles. The van der Waals surface area contributed by atoms with Crippen LogP contribution < -0.4 is 0 Å². The first-order chi connectivity index (χ1) is 14.2. The van der Waals surface area contributed by atoms with E-state index >= 15 is 0 Å². The van der Waals surface area contributed by atoms with Crippen molar-refractivity contribution in [3.63, 3.8) is 0 Å². The van der Waals surface area contributed by atoms with Crippen LogP contribution in [0.3, 0.4) is 0 Å². The zero-order valence-electron chi connectivity index (χ0n) is 18.2. The molecule has 0 fully saturated rings. The van der Waals surface area contributed by atoms with Crippen molar-refractivity contribution in [2.75, 3.05) is 23.9 Å². The summed E-state index contributed by atoms with van der Waals surface area (Å²) in [5.74, 6) is -0.320. The summed E-state index contributed by atoms with van der Waals surface area (Å²) in [6.07, 6.45) is 21.8. The first-order valence-corrected chi connectivity index (χ1v) is 13.9. The van der Waals surface area contributed by atoms with Crippen LogP contribution >= 0.6 is 31.9 Å². The second-order valence-corrected chi connectivity index (χ2v) is 8.84. The molecule has 0 saturated carbocycles. The molecule has 0 amide bonds. The maximum absolute atomic E-state index is 10.9. The molecule has 0 aliphatic rings. The number of rotatable bonds is 22. The minimum Gasteiger partial charge on any atom is -0.465 e. The maximum Gasteiger partial charge on any atom is 0.316 e. The Morgan fingerprint density at radius 1 is 0.414 bits per heavy atom. The Balaban J connectivity index is 3.05. The highest BCUT2D eigenvalue weighted by Crippen LogP contribution is 2.14. The van der Waals surface area contributed by atoms with Gasteiger partial charge in [-0.2, -0.15) is 0 Å². The predicted molar refractivity (Wildman–Crippen MR) is 128 cm³/mol. The number of carbonyl (C=O) groups excluding carboxylic acids is 2. The van der Waals surface area contributed by atoms with Gasteiger partial charge in [-0.15, -0.1) is 0 Å². The Kier molecular flexibility index (Phi) is 24.1. The van der Waals surface area contributed by atoms with E-state index in [0.717, 1.165) is 12.8 Å². The summed E-state index contributed by atoms with van der Waals surface area (Å²) in [7, 11) is 0. The zero-order chi connectivity index (χ0) is 21.4. The second-order valence-electron chi connectivity index (χ2n) is 7.72. The smallest absolute Gasteiger partial charge is 0.316 e. The summed E-state index contributed by atoms with van der Waals surface area (Å²) in [5, 5.41) is 0.596. The molecule has 0 bridgehead atoms. The van der Waals surface area contributed by atoms with E-state index in [4.69, 9.17) is 9.47 Å². The molecule has 0 atom stereocenters. The molecule has 0 rings (SSSR count). The van der Waals surface area contributed by atoms with Crippen LogP contribution in [0.15, 0.2) is 0 Å². The lowest BCUT2D eigenvalue weighted by atomic mass is 10.0. The molecule has 0 radical (unpaired) electrons. The topological polar surface area (TPSA) is 52.6 Å². The van der Waals surface area contributed by atoms with E-state index in [9.17, 15) is 9.59 Å². The van der Waals surface area contributed by atoms with Gasteiger partial charge in [-0.05, 0) is 12.8 Å². The van der Waals surface area contributed by atoms with Gasteiger partial charge in [-0.25, -0.2) is 0 Å². The molecule has 172 valence electrons. The molecule has 29 heavy (non-hydrogen) atoms. The van der Waals surface area contributed by atoms with Gasteiger partial charge in [0.2, 0.25) is 0 Å². The van der Waals surface area contributed by atoms with E-state index in [1.807, 2.05) is 0 Å². The fraction of sp³-hybridized carbons (Fsp3) is 0.913. The van der Waals surface area contributed by atoms with Gasteiger partial charge in [0.05, 0.1) is 13.2 Å². The Morgan fingerprint density at radius 2 is 0.621 bits per heavy atom. The van der Waals surface area contributed by atoms with Crippen LogP contribution in [0.5, 0.6) is 0 Å². The molecular weight excluding hydrogens is 500 g/mol. The third-order valence-electron chi connectivity index (χ3n) is 5.03. The molecule has 0 aromatic carbocycles. The number of esters is 2. The number of hydrogen-bond acceptors (Lipinski definition) is 4. The van der Waals surface area contributed by atoms with Gasteiger partial charge in [0, 0.05) is 0 Å². The van der Waals surface area contributed by atoms with Crippen molar-refractivity contribution in [3.05, 3.63) is 0 Å². The van der Waals surface area contributed by atoms with Gasteiger partial charge in [-0.1, -0.05) is 128 Å². The van der Waals surface area contributed by atoms with Crippen LogP contribution in [-0.2, 0) is 19.1 Å². The van der Waals surface area contributed by atoms with Gasteiger partial charge >= 0.3 is 11.9 Å². The standard InChI is InChI=1S/C23H42Br2O4/c24-20-22(26)28-18-16-14-12-10-8-6-4-2-1-3-5-7-9-11-13-15-17-19-29-23(27)21-25/h1-21H2. The summed E-state index contributed by atoms with van der Waals surface area (Å²) >= 11 is 6.18. The van der Waals surface area contributed by atoms with E-state index in [1.54, 1.807) is 0 Å². The highest BCUT2D eigenvalue weighted by molar-refractivity contribution is 9.09. The van der Waals surface area contributed by atoms with Crippen LogP contribution in [-0.4, -0.2) is 35.8 Å². The lowest BCUT2D eigenvalue weighted by Gasteiger charge is -2.05. The molecule has 6 heteroatoms. The van der Waals surface area contributed by atoms with Crippen molar-refractivity contribution in [2.45, 2.75) is 109 Å². The van der Waals surface area contributed by atoms with Crippen molar-refractivity contribution in [1.29, 1.82) is 0 Å². The number of unbranched alkanes of at least 4 members (excludes halogenated alkanes) is 16. The number of carbonyl (C=O) groups is 2. The predicted octanol–water partition coefficient (Wildman–Crippen LogP) is 7.49. The first kappa shape index (κ1) is 28.9. The van der Waals surface area contributed by atoms with Crippen molar-refractivity contribution in [3.8, 4) is 0 Å². The van der Waals surface area contributed by atoms with Crippen LogP contribution in [0.1, 0.15) is 109 Å². The van der Waals surface area contributed by atoms with Crippen LogP contribution in [0, 0.1) is 0 Å². The quantitative estimate of drug-likeness (QED) is 0.0808. The molecule has 0 aromatic rings. The minimum atomic E-state index is -0.160. The van der Waals surface area contributed by atoms with Crippen LogP contribution in [0.2, 0.25) is 0 Å². The van der Waals surface area contributed by atoms with Gasteiger partial charge in [0.15, 0.2) is 0 Å². The minimum absolute atomic E-state index is 0.160. The van der Waals surface area contributed by atoms with Crippen molar-refractivity contribution in [2.24, 2.45) is 0 Å². The summed E-state index contributed by atoms with van der Waals surface area (Å²) in [5.41, 5.74) is 0. The number of halogens is 2. The second kappa shape index (κ2) is 24.2. The SMILES string of the molecule is O=C(CBr)OCCCCCCCCCCCCCCCCCCCOC(=O)CBr. The number of alkyl halides is 2. The Morgan fingerprint density at radius 3 is 0.828 bits per heavy atom. The molecule has 0 aromatic heterocycles. The highest BCUT2D eigenvalue weighted by atomic mass is 79.9. The average molecular weight is 542 g/mol. The normalized spacial score (nSPS) is 10.8. The first-order valence-electron chi connectivity index (χ1n) is 11.6. The Labute approximate surface area is 195 Å². The third kappa shape index (κ3) is 24.0. The van der Waals surface area contributed by atoms with E-state index in [0.29, 0.717) is 23.9 Å². The van der Waals surface area contributed by atoms with E-state index < -0.39 is 0 Å². The monoisotopic (exact) mass is 540 g/mol. The fourth-order valence-electron chi connectivity index (χ4n) is 3.30. The summed E-state index contributed by atoms with van der Waals surface area (Å²) in [4.78, 5) is 21.9. The molecule has 0 aliphatic heterocycles. The molecule has 0 unspecified atom stereocenters. The molecule has 0 spiro atoms. The van der Waals surface area contributed by atoms with E-state index in [2.05, 4.69) is 31.9 Å². The van der Waals surface area contributed by atoms with E-state index in [-0.39, 0.29) is 11.9 Å². The lowest BCUT2D eigenvalue weighted by molar-refractivity contribution is -0.141. The Hall–Kier alpha value is -0.100. The lowest BCUT2D eigenvalue weighted by Crippen LogP contribution is -2.06. The van der Waals surface area contributed by atoms with Gasteiger partial charge < -0.3 is 9.47 Å². The Bertz CT molecular complexity index is 344. The number of hydrogen-bond donors (Lipinski definition) is 0. The van der Waals surface area contributed by atoms with Gasteiger partial charge in [0.25, 0.3) is 0 Å². The summed E-state index contributed by atoms with van der Waals surface area (Å²) in [6.45, 7) is 1.14. The van der Waals surface area contributed by atoms with Crippen LogP contribution in [0.25, 0.3) is 0 Å². The largest absolute Gasteiger partial charge is 0.465 e. The van der Waals surface area contributed by atoms with E-state index in [1.165, 1.54) is 96.3 Å². The number of ether oxygens (including phenoxy) is 2. The molecule has 0 saturated heterocycles. The molecule has 0 N–H and O–H groups in total. The van der Waals surface area contributed by atoms with Crippen molar-refractivity contribution < 1.29 is 19.1 Å². The fourth-order valence-corrected chi connectivity index (χ4v) is 3.63. The summed E-state index contributed by atoms with van der Waals surface area (Å²) in [6, 6.07) is 0. The molecular formula is C23H42Br2O4. The van der Waals surface area contributed by atoms with Gasteiger partial charge in [-0.3, -0.25) is 9.59 Å². The maximum atomic E-state index is 10.9. The third-order valence-corrected chi connectivity index (χ3v) is 5.95. The zero-order valence-corrected chi connectivity index (χ0v) is 21.4.